The first-order valence-corrected chi connectivity index (χ1v) is 8.75. The Balaban J connectivity index is 1.61. The molecule has 2 amide bonds. The summed E-state index contributed by atoms with van der Waals surface area (Å²) < 4.78 is 11.0. The van der Waals surface area contributed by atoms with E-state index in [0.29, 0.717) is 23.2 Å². The minimum atomic E-state index is -0.625. The Morgan fingerprint density at radius 3 is 2.81 bits per heavy atom. The number of aromatic nitrogens is 1. The lowest BCUT2D eigenvalue weighted by Crippen LogP contribution is -2.38. The van der Waals surface area contributed by atoms with Crippen molar-refractivity contribution < 1.29 is 14.3 Å². The fourth-order valence-electron chi connectivity index (χ4n) is 2.70. The fourth-order valence-corrected chi connectivity index (χ4v) is 2.92. The molecule has 1 saturated heterocycles. The second kappa shape index (κ2) is 8.84. The van der Waals surface area contributed by atoms with Gasteiger partial charge >= 0.3 is 6.03 Å². The number of halogens is 1. The summed E-state index contributed by atoms with van der Waals surface area (Å²) in [5.74, 6) is 0.560. The van der Waals surface area contributed by atoms with Crippen LogP contribution < -0.4 is 15.8 Å². The number of hydrogen-bond acceptors (Lipinski definition) is 5. The van der Waals surface area contributed by atoms with E-state index in [4.69, 9.17) is 26.8 Å². The van der Waals surface area contributed by atoms with Gasteiger partial charge in [0.05, 0.1) is 13.2 Å². The number of anilines is 1. The molecule has 2 aromatic rings. The van der Waals surface area contributed by atoms with Crippen molar-refractivity contribution in [2.75, 3.05) is 44.8 Å². The maximum Gasteiger partial charge on any atom is 0.316 e. The van der Waals surface area contributed by atoms with Crippen molar-refractivity contribution in [3.8, 4) is 17.0 Å². The van der Waals surface area contributed by atoms with Gasteiger partial charge in [0.2, 0.25) is 5.88 Å². The second-order valence-corrected chi connectivity index (χ2v) is 6.28. The van der Waals surface area contributed by atoms with Gasteiger partial charge in [-0.15, -0.1) is 0 Å². The van der Waals surface area contributed by atoms with Crippen molar-refractivity contribution >= 4 is 23.3 Å². The molecule has 0 spiro atoms. The first-order valence-electron chi connectivity index (χ1n) is 8.37. The lowest BCUT2D eigenvalue weighted by molar-refractivity contribution is 0.0320. The highest BCUT2D eigenvalue weighted by Gasteiger charge is 2.10. The first-order chi connectivity index (χ1) is 12.6. The molecule has 8 heteroatoms. The Kier molecular flexibility index (Phi) is 6.27. The molecule has 0 aliphatic carbocycles. The van der Waals surface area contributed by atoms with Crippen LogP contribution in [0.5, 0.6) is 5.88 Å². The first kappa shape index (κ1) is 18.4. The van der Waals surface area contributed by atoms with E-state index in [1.54, 1.807) is 30.5 Å². The average molecular weight is 377 g/mol. The van der Waals surface area contributed by atoms with Crippen LogP contribution in [0.2, 0.25) is 5.02 Å². The van der Waals surface area contributed by atoms with Gasteiger partial charge in [0.15, 0.2) is 0 Å². The highest BCUT2D eigenvalue weighted by molar-refractivity contribution is 6.33. The SMILES string of the molecule is NC(=O)Nc1ccc(Cl)c(-c2ccc(OCCN3CCOCC3)nc2)c1. The predicted octanol–water partition coefficient (Wildman–Crippen LogP) is 2.60. The number of morpholine rings is 1. The van der Waals surface area contributed by atoms with Crippen LogP contribution >= 0.6 is 11.6 Å². The Morgan fingerprint density at radius 1 is 1.31 bits per heavy atom. The Morgan fingerprint density at radius 2 is 2.12 bits per heavy atom. The summed E-state index contributed by atoms with van der Waals surface area (Å²) in [6, 6.07) is 8.21. The number of hydrogen-bond donors (Lipinski definition) is 2. The molecule has 138 valence electrons. The molecular formula is C18H21ClN4O3. The Bertz CT molecular complexity index is 749. The van der Waals surface area contributed by atoms with Crippen molar-refractivity contribution in [1.29, 1.82) is 0 Å². The van der Waals surface area contributed by atoms with Gasteiger partial charge in [0, 0.05) is 53.7 Å². The molecule has 0 saturated carbocycles. The van der Waals surface area contributed by atoms with Gasteiger partial charge in [0.1, 0.15) is 6.61 Å². The summed E-state index contributed by atoms with van der Waals surface area (Å²) >= 11 is 6.26. The van der Waals surface area contributed by atoms with E-state index in [2.05, 4.69) is 15.2 Å². The third kappa shape index (κ3) is 5.08. The molecule has 1 aromatic heterocycles. The summed E-state index contributed by atoms with van der Waals surface area (Å²) in [6.07, 6.45) is 1.69. The number of carbonyl (C=O) groups is 1. The van der Waals surface area contributed by atoms with Crippen molar-refractivity contribution in [3.05, 3.63) is 41.6 Å². The van der Waals surface area contributed by atoms with Gasteiger partial charge in [-0.2, -0.15) is 0 Å². The number of primary amides is 1. The van der Waals surface area contributed by atoms with E-state index in [1.807, 2.05) is 6.07 Å². The summed E-state index contributed by atoms with van der Waals surface area (Å²) in [5, 5.41) is 3.09. The van der Waals surface area contributed by atoms with Crippen LogP contribution in [0, 0.1) is 0 Å². The lowest BCUT2D eigenvalue weighted by atomic mass is 10.1. The van der Waals surface area contributed by atoms with E-state index < -0.39 is 6.03 Å². The molecule has 3 rings (SSSR count). The number of rotatable bonds is 6. The van der Waals surface area contributed by atoms with Gasteiger partial charge < -0.3 is 20.5 Å². The molecule has 1 aromatic carbocycles. The molecule has 1 aliphatic rings. The van der Waals surface area contributed by atoms with Crippen LogP contribution in [0.15, 0.2) is 36.5 Å². The van der Waals surface area contributed by atoms with Crippen LogP contribution in [0.1, 0.15) is 0 Å². The van der Waals surface area contributed by atoms with Gasteiger partial charge in [-0.3, -0.25) is 4.90 Å². The summed E-state index contributed by atoms with van der Waals surface area (Å²) in [5.41, 5.74) is 7.30. The predicted molar refractivity (Wildman–Crippen MR) is 101 cm³/mol. The summed E-state index contributed by atoms with van der Waals surface area (Å²) in [7, 11) is 0. The van der Waals surface area contributed by atoms with E-state index in [0.717, 1.165) is 44.0 Å². The van der Waals surface area contributed by atoms with E-state index in [-0.39, 0.29) is 0 Å². The molecule has 1 aliphatic heterocycles. The number of nitrogens with one attached hydrogen (secondary N) is 1. The monoisotopic (exact) mass is 376 g/mol. The minimum Gasteiger partial charge on any atom is -0.476 e. The largest absolute Gasteiger partial charge is 0.476 e. The summed E-state index contributed by atoms with van der Waals surface area (Å²) in [6.45, 7) is 4.84. The number of carbonyl (C=O) groups excluding carboxylic acids is 1. The molecule has 0 atom stereocenters. The van der Waals surface area contributed by atoms with Crippen LogP contribution in [0.3, 0.4) is 0 Å². The zero-order chi connectivity index (χ0) is 18.4. The van der Waals surface area contributed by atoms with Gasteiger partial charge in [-0.25, -0.2) is 9.78 Å². The third-order valence-electron chi connectivity index (χ3n) is 4.04. The molecule has 0 bridgehead atoms. The van der Waals surface area contributed by atoms with E-state index in [9.17, 15) is 4.79 Å². The number of nitrogens with zero attached hydrogens (tertiary/aromatic N) is 2. The minimum absolute atomic E-state index is 0.558. The van der Waals surface area contributed by atoms with Crippen molar-refractivity contribution in [1.82, 2.24) is 9.88 Å². The van der Waals surface area contributed by atoms with Crippen LogP contribution in [0.4, 0.5) is 10.5 Å². The highest BCUT2D eigenvalue weighted by atomic mass is 35.5. The average Bonchev–Trinajstić information content (AvgIpc) is 2.64. The fraction of sp³-hybridized carbons (Fsp3) is 0.333. The normalized spacial score (nSPS) is 14.8. The van der Waals surface area contributed by atoms with Gasteiger partial charge in [-0.1, -0.05) is 11.6 Å². The molecule has 0 radical (unpaired) electrons. The van der Waals surface area contributed by atoms with Crippen molar-refractivity contribution in [2.24, 2.45) is 5.73 Å². The van der Waals surface area contributed by atoms with Crippen molar-refractivity contribution in [3.63, 3.8) is 0 Å². The zero-order valence-electron chi connectivity index (χ0n) is 14.3. The van der Waals surface area contributed by atoms with Gasteiger partial charge in [-0.05, 0) is 24.3 Å². The Labute approximate surface area is 157 Å². The number of amides is 2. The zero-order valence-corrected chi connectivity index (χ0v) is 15.0. The van der Waals surface area contributed by atoms with Crippen LogP contribution in [-0.2, 0) is 4.74 Å². The number of nitrogens with two attached hydrogens (primary N) is 1. The molecule has 0 unspecified atom stereocenters. The van der Waals surface area contributed by atoms with E-state index in [1.165, 1.54) is 0 Å². The molecule has 3 N–H and O–H groups in total. The van der Waals surface area contributed by atoms with Gasteiger partial charge in [0.25, 0.3) is 0 Å². The molecular weight excluding hydrogens is 356 g/mol. The Hall–Kier alpha value is -2.35. The number of ether oxygens (including phenoxy) is 2. The van der Waals surface area contributed by atoms with E-state index >= 15 is 0 Å². The topological polar surface area (TPSA) is 89.7 Å². The van der Waals surface area contributed by atoms with Crippen LogP contribution in [-0.4, -0.2) is 55.4 Å². The number of urea groups is 1. The molecule has 1 fully saturated rings. The lowest BCUT2D eigenvalue weighted by Gasteiger charge is -2.26. The quantitative estimate of drug-likeness (QED) is 0.808. The number of benzene rings is 1. The number of pyridine rings is 1. The highest BCUT2D eigenvalue weighted by Crippen LogP contribution is 2.30. The van der Waals surface area contributed by atoms with Crippen molar-refractivity contribution in [2.45, 2.75) is 0 Å². The second-order valence-electron chi connectivity index (χ2n) is 5.87. The third-order valence-corrected chi connectivity index (χ3v) is 4.37. The maximum absolute atomic E-state index is 11.0. The molecule has 26 heavy (non-hydrogen) atoms. The standard InChI is InChI=1S/C18H21ClN4O3/c19-16-3-2-14(22-18(20)24)11-15(16)13-1-4-17(21-12-13)26-10-7-23-5-8-25-9-6-23/h1-4,11-12H,5-10H2,(H3,20,22,24). The summed E-state index contributed by atoms with van der Waals surface area (Å²) in [4.78, 5) is 17.6. The molecule has 7 nitrogen and oxygen atoms in total. The van der Waals surface area contributed by atoms with Crippen LogP contribution in [0.25, 0.3) is 11.1 Å². The smallest absolute Gasteiger partial charge is 0.316 e. The maximum atomic E-state index is 11.0. The molecule has 2 heterocycles.